The zero-order valence-electron chi connectivity index (χ0n) is 10.4. The van der Waals surface area contributed by atoms with Crippen LogP contribution in [0.15, 0.2) is 41.4 Å². The minimum Gasteiger partial charge on any atom is -0.330 e. The van der Waals surface area contributed by atoms with Crippen molar-refractivity contribution in [3.8, 4) is 0 Å². The van der Waals surface area contributed by atoms with Crippen LogP contribution in [0.2, 0.25) is 0 Å². The number of unbranched alkanes of at least 4 members (excludes halogenated alkanes) is 3. The summed E-state index contributed by atoms with van der Waals surface area (Å²) in [5, 5.41) is 0. The molecule has 0 fully saturated rings. The third kappa shape index (κ3) is 7.47. The highest BCUT2D eigenvalue weighted by atomic mass is 14.7. The van der Waals surface area contributed by atoms with E-state index in [2.05, 4.69) is 23.2 Å². The van der Waals surface area contributed by atoms with E-state index in [1.807, 2.05) is 30.5 Å². The summed E-state index contributed by atoms with van der Waals surface area (Å²) in [4.78, 5) is 4.34. The average molecular weight is 230 g/mol. The lowest BCUT2D eigenvalue weighted by molar-refractivity contribution is 0.654. The van der Waals surface area contributed by atoms with Gasteiger partial charge in [0.1, 0.15) is 0 Å². The molecule has 0 bridgehead atoms. The number of rotatable bonds is 8. The van der Waals surface area contributed by atoms with Crippen molar-refractivity contribution in [3.63, 3.8) is 0 Å². The summed E-state index contributed by atoms with van der Waals surface area (Å²) >= 11 is 0. The van der Waals surface area contributed by atoms with E-state index in [0.29, 0.717) is 0 Å². The van der Waals surface area contributed by atoms with Gasteiger partial charge >= 0.3 is 0 Å². The molecule has 0 unspecified atom stereocenters. The third-order valence-corrected chi connectivity index (χ3v) is 2.52. The number of allylic oxidation sites excluding steroid dienone is 1. The fourth-order valence-electron chi connectivity index (χ4n) is 1.55. The second-order valence-corrected chi connectivity index (χ2v) is 4.03. The monoisotopic (exact) mass is 230 g/mol. The molecule has 2 nitrogen and oxygen atoms in total. The number of benzene rings is 1. The van der Waals surface area contributed by atoms with Crippen LogP contribution in [0.4, 0.5) is 0 Å². The van der Waals surface area contributed by atoms with Gasteiger partial charge in [-0.1, -0.05) is 49.2 Å². The average Bonchev–Trinajstić information content (AvgIpc) is 2.38. The lowest BCUT2D eigenvalue weighted by Crippen LogP contribution is -1.97. The quantitative estimate of drug-likeness (QED) is 0.540. The molecule has 0 radical (unpaired) electrons. The van der Waals surface area contributed by atoms with Crippen molar-refractivity contribution in [2.75, 3.05) is 13.1 Å². The maximum atomic E-state index is 5.43. The first-order valence-electron chi connectivity index (χ1n) is 6.35. The van der Waals surface area contributed by atoms with Gasteiger partial charge in [-0.05, 0) is 31.0 Å². The summed E-state index contributed by atoms with van der Waals surface area (Å²) in [5.41, 5.74) is 6.64. The number of aliphatic imine (C=N–C) groups is 1. The molecule has 1 aromatic rings. The van der Waals surface area contributed by atoms with Crippen LogP contribution in [-0.4, -0.2) is 19.3 Å². The molecule has 1 aromatic carbocycles. The maximum Gasteiger partial charge on any atom is 0.0389 e. The van der Waals surface area contributed by atoms with Crippen LogP contribution >= 0.6 is 0 Å². The van der Waals surface area contributed by atoms with Crippen molar-refractivity contribution >= 4 is 12.3 Å². The second-order valence-electron chi connectivity index (χ2n) is 4.03. The van der Waals surface area contributed by atoms with Crippen molar-refractivity contribution in [1.29, 1.82) is 0 Å². The Bertz CT molecular complexity index is 328. The van der Waals surface area contributed by atoms with Crippen molar-refractivity contribution in [3.05, 3.63) is 42.0 Å². The third-order valence-electron chi connectivity index (χ3n) is 2.52. The van der Waals surface area contributed by atoms with Gasteiger partial charge in [0.05, 0.1) is 0 Å². The van der Waals surface area contributed by atoms with Crippen LogP contribution in [0, 0.1) is 0 Å². The topological polar surface area (TPSA) is 38.4 Å². The van der Waals surface area contributed by atoms with Crippen LogP contribution in [0.3, 0.4) is 0 Å². The van der Waals surface area contributed by atoms with E-state index in [9.17, 15) is 0 Å². The van der Waals surface area contributed by atoms with Crippen molar-refractivity contribution in [2.45, 2.75) is 25.7 Å². The minimum atomic E-state index is 0.809. The summed E-state index contributed by atoms with van der Waals surface area (Å²) in [6.07, 6.45) is 10.7. The van der Waals surface area contributed by atoms with E-state index in [1.54, 1.807) is 0 Å². The molecule has 1 rings (SSSR count). The van der Waals surface area contributed by atoms with Crippen molar-refractivity contribution < 1.29 is 0 Å². The van der Waals surface area contributed by atoms with Gasteiger partial charge in [-0.2, -0.15) is 0 Å². The highest BCUT2D eigenvalue weighted by Crippen LogP contribution is 2.00. The van der Waals surface area contributed by atoms with Gasteiger partial charge in [0.2, 0.25) is 0 Å². The number of hydrogen-bond donors (Lipinski definition) is 1. The molecular weight excluding hydrogens is 208 g/mol. The van der Waals surface area contributed by atoms with Crippen LogP contribution in [0.5, 0.6) is 0 Å². The summed E-state index contributed by atoms with van der Waals surface area (Å²) in [5.74, 6) is 0. The van der Waals surface area contributed by atoms with Crippen LogP contribution in [0.1, 0.15) is 31.2 Å². The number of nitrogens with two attached hydrogens (primary N) is 1. The fraction of sp³-hybridized carbons (Fsp3) is 0.400. The Morgan fingerprint density at radius 2 is 1.76 bits per heavy atom. The highest BCUT2D eigenvalue weighted by Gasteiger charge is 1.86. The van der Waals surface area contributed by atoms with Gasteiger partial charge in [0.25, 0.3) is 0 Å². The summed E-state index contributed by atoms with van der Waals surface area (Å²) in [6, 6.07) is 10.3. The molecule has 2 heteroatoms. The van der Waals surface area contributed by atoms with Gasteiger partial charge in [-0.25, -0.2) is 0 Å². The lowest BCUT2D eigenvalue weighted by atomic mass is 10.2. The van der Waals surface area contributed by atoms with E-state index < -0.39 is 0 Å². The molecule has 0 atom stereocenters. The standard InChI is InChI=1S/C15H22N2/c16-12-6-1-2-7-13-17-14-8-11-15-9-4-3-5-10-15/h3-5,8-11,14H,1-2,6-7,12-13,16H2/b11-8+,17-14?. The fourth-order valence-corrected chi connectivity index (χ4v) is 1.55. The van der Waals surface area contributed by atoms with Crippen molar-refractivity contribution in [1.82, 2.24) is 0 Å². The van der Waals surface area contributed by atoms with E-state index in [1.165, 1.54) is 18.4 Å². The normalized spacial score (nSPS) is 11.6. The molecule has 0 saturated heterocycles. The first-order valence-corrected chi connectivity index (χ1v) is 6.35. The number of hydrogen-bond acceptors (Lipinski definition) is 2. The predicted molar refractivity (Wildman–Crippen MR) is 76.4 cm³/mol. The molecule has 0 spiro atoms. The van der Waals surface area contributed by atoms with E-state index in [0.717, 1.165) is 25.9 Å². The Morgan fingerprint density at radius 1 is 1.00 bits per heavy atom. The van der Waals surface area contributed by atoms with Gasteiger partial charge in [0, 0.05) is 12.8 Å². The van der Waals surface area contributed by atoms with Gasteiger partial charge in [-0.3, -0.25) is 4.99 Å². The Morgan fingerprint density at radius 3 is 2.53 bits per heavy atom. The van der Waals surface area contributed by atoms with E-state index >= 15 is 0 Å². The highest BCUT2D eigenvalue weighted by molar-refractivity contribution is 5.78. The summed E-state index contributed by atoms with van der Waals surface area (Å²) in [7, 11) is 0. The van der Waals surface area contributed by atoms with E-state index in [4.69, 9.17) is 5.73 Å². The molecule has 0 aromatic heterocycles. The van der Waals surface area contributed by atoms with Gasteiger partial charge in [-0.15, -0.1) is 0 Å². The Balaban J connectivity index is 2.08. The summed E-state index contributed by atoms with van der Waals surface area (Å²) in [6.45, 7) is 1.73. The maximum absolute atomic E-state index is 5.43. The van der Waals surface area contributed by atoms with Crippen LogP contribution in [0.25, 0.3) is 6.08 Å². The SMILES string of the molecule is NCCCCCCN=C/C=C/c1ccccc1. The second kappa shape index (κ2) is 9.79. The molecule has 0 aliphatic rings. The predicted octanol–water partition coefficient (Wildman–Crippen LogP) is 3.29. The smallest absolute Gasteiger partial charge is 0.0389 e. The molecule has 2 N–H and O–H groups in total. The molecule has 92 valence electrons. The lowest BCUT2D eigenvalue weighted by Gasteiger charge is -1.95. The molecular formula is C15H22N2. The zero-order valence-corrected chi connectivity index (χ0v) is 10.4. The van der Waals surface area contributed by atoms with Crippen molar-refractivity contribution in [2.24, 2.45) is 10.7 Å². The largest absolute Gasteiger partial charge is 0.330 e. The first-order chi connectivity index (χ1) is 8.43. The molecule has 0 amide bonds. The summed E-state index contributed by atoms with van der Waals surface area (Å²) < 4.78 is 0. The molecule has 17 heavy (non-hydrogen) atoms. The van der Waals surface area contributed by atoms with Crippen LogP contribution in [-0.2, 0) is 0 Å². The van der Waals surface area contributed by atoms with Crippen LogP contribution < -0.4 is 5.73 Å². The zero-order chi connectivity index (χ0) is 12.2. The Kier molecular flexibility index (Phi) is 7.86. The Labute approximate surface area is 104 Å². The first kappa shape index (κ1) is 13.7. The molecule has 0 heterocycles. The molecule has 0 aliphatic heterocycles. The minimum absolute atomic E-state index is 0.809. The van der Waals surface area contributed by atoms with Gasteiger partial charge < -0.3 is 5.73 Å². The molecule has 0 saturated carbocycles. The molecule has 0 aliphatic carbocycles. The Hall–Kier alpha value is -1.41. The van der Waals surface area contributed by atoms with E-state index in [-0.39, 0.29) is 0 Å². The van der Waals surface area contributed by atoms with Gasteiger partial charge in [0.15, 0.2) is 0 Å². The number of nitrogens with zero attached hydrogens (tertiary/aromatic N) is 1.